The molecule has 0 spiro atoms. The third-order valence-corrected chi connectivity index (χ3v) is 7.80. The van der Waals surface area contributed by atoms with Crippen molar-refractivity contribution in [3.05, 3.63) is 65.1 Å². The van der Waals surface area contributed by atoms with Crippen LogP contribution in [0.1, 0.15) is 49.3 Å². The van der Waals surface area contributed by atoms with E-state index in [4.69, 9.17) is 4.74 Å². The summed E-state index contributed by atoms with van der Waals surface area (Å²) in [5, 5.41) is 24.2. The van der Waals surface area contributed by atoms with Gasteiger partial charge in [-0.25, -0.2) is 17.6 Å². The Morgan fingerprint density at radius 2 is 1.95 bits per heavy atom. The highest BCUT2D eigenvalue weighted by atomic mass is 19.2. The van der Waals surface area contributed by atoms with Crippen molar-refractivity contribution in [1.29, 1.82) is 0 Å². The van der Waals surface area contributed by atoms with Crippen LogP contribution in [0.15, 0.2) is 36.5 Å². The Balaban J connectivity index is 1.41. The molecule has 3 N–H and O–H groups in total. The Kier molecular flexibility index (Phi) is 9.47. The van der Waals surface area contributed by atoms with Gasteiger partial charge in [0, 0.05) is 42.4 Å². The molecule has 1 atom stereocenters. The van der Waals surface area contributed by atoms with E-state index >= 15 is 0 Å². The van der Waals surface area contributed by atoms with Gasteiger partial charge in [-0.05, 0) is 68.0 Å². The number of carboxylic acids is 1. The van der Waals surface area contributed by atoms with Crippen LogP contribution in [0.4, 0.5) is 23.2 Å². The zero-order valence-electron chi connectivity index (χ0n) is 22.2. The Bertz CT molecular complexity index is 1340. The van der Waals surface area contributed by atoms with Crippen LogP contribution in [-0.4, -0.2) is 59.4 Å². The number of aliphatic carboxylic acids is 1. The van der Waals surface area contributed by atoms with E-state index in [2.05, 4.69) is 15.2 Å². The highest BCUT2D eigenvalue weighted by Gasteiger charge is 2.37. The van der Waals surface area contributed by atoms with E-state index in [0.29, 0.717) is 67.2 Å². The number of aliphatic hydroxyl groups excluding tert-OH is 1. The number of pyridine rings is 1. The third kappa shape index (κ3) is 6.82. The van der Waals surface area contributed by atoms with Crippen molar-refractivity contribution in [1.82, 2.24) is 9.88 Å². The topological polar surface area (TPSA) is 94.9 Å². The first-order chi connectivity index (χ1) is 19.1. The molecule has 0 radical (unpaired) electrons. The average molecular weight is 564 g/mol. The number of aromatic nitrogens is 1. The van der Waals surface area contributed by atoms with Crippen LogP contribution in [0.2, 0.25) is 0 Å². The summed E-state index contributed by atoms with van der Waals surface area (Å²) in [7, 11) is 1.52. The second-order valence-electron chi connectivity index (χ2n) is 10.4. The lowest BCUT2D eigenvalue weighted by atomic mass is 9.71. The number of nitrogens with zero attached hydrogens (tertiary/aromatic N) is 2. The number of aliphatic hydroxyl groups is 1. The number of piperidine rings is 1. The van der Waals surface area contributed by atoms with Gasteiger partial charge in [-0.3, -0.25) is 9.78 Å². The number of carbonyl (C=O) groups is 1. The molecule has 216 valence electrons. The minimum atomic E-state index is -1.27. The summed E-state index contributed by atoms with van der Waals surface area (Å²) in [6.07, 6.45) is 2.07. The van der Waals surface area contributed by atoms with Crippen LogP contribution >= 0.6 is 0 Å². The summed E-state index contributed by atoms with van der Waals surface area (Å²) < 4.78 is 59.9. The standard InChI is InChI=1S/C29H33F4N3O4/c1-40-20-2-3-23-21(14-20)27(18(16-30)17-35-23)25(37)4-5-29(15-26(38)39)6-9-36(10-7-29)11-8-34-24-13-19(31)12-22(32)28(24)33/h2-3,12-14,17,25,34,37H,4-11,15-16H2,1H3,(H,38,39)/t25-/m1/s1. The summed E-state index contributed by atoms with van der Waals surface area (Å²) in [4.78, 5) is 18.1. The quantitative estimate of drug-likeness (QED) is 0.195. The zero-order valence-corrected chi connectivity index (χ0v) is 22.2. The van der Waals surface area contributed by atoms with Gasteiger partial charge in [0.1, 0.15) is 18.2 Å². The predicted molar refractivity (Wildman–Crippen MR) is 142 cm³/mol. The lowest BCUT2D eigenvalue weighted by Crippen LogP contribution is -2.43. The minimum absolute atomic E-state index is 0.0690. The van der Waals surface area contributed by atoms with Gasteiger partial charge in [0.2, 0.25) is 0 Å². The summed E-state index contributed by atoms with van der Waals surface area (Å²) >= 11 is 0. The number of carboxylic acid groups (broad SMARTS) is 1. The Labute approximate surface area is 229 Å². The molecular formula is C29H33F4N3O4. The van der Waals surface area contributed by atoms with E-state index in [9.17, 15) is 32.6 Å². The van der Waals surface area contributed by atoms with E-state index in [1.807, 2.05) is 0 Å². The molecule has 0 unspecified atom stereocenters. The maximum absolute atomic E-state index is 13.9. The van der Waals surface area contributed by atoms with E-state index in [1.54, 1.807) is 18.2 Å². The van der Waals surface area contributed by atoms with Gasteiger partial charge in [0.05, 0.1) is 30.8 Å². The molecular weight excluding hydrogens is 530 g/mol. The highest BCUT2D eigenvalue weighted by Crippen LogP contribution is 2.42. The molecule has 40 heavy (non-hydrogen) atoms. The molecule has 0 amide bonds. The molecule has 0 aliphatic carbocycles. The molecule has 1 fully saturated rings. The van der Waals surface area contributed by atoms with Crippen molar-refractivity contribution in [2.24, 2.45) is 5.41 Å². The number of nitrogens with one attached hydrogen (secondary N) is 1. The fourth-order valence-electron chi connectivity index (χ4n) is 5.57. The second kappa shape index (κ2) is 12.8. The smallest absolute Gasteiger partial charge is 0.303 e. The number of methoxy groups -OCH3 is 1. The highest BCUT2D eigenvalue weighted by molar-refractivity contribution is 5.85. The predicted octanol–water partition coefficient (Wildman–Crippen LogP) is 5.61. The lowest BCUT2D eigenvalue weighted by Gasteiger charge is -2.41. The van der Waals surface area contributed by atoms with Gasteiger partial charge >= 0.3 is 5.97 Å². The summed E-state index contributed by atoms with van der Waals surface area (Å²) in [5.74, 6) is -3.67. The van der Waals surface area contributed by atoms with Crippen molar-refractivity contribution in [3.8, 4) is 5.75 Å². The summed E-state index contributed by atoms with van der Waals surface area (Å²) in [6, 6.07) is 6.56. The average Bonchev–Trinajstić information content (AvgIpc) is 2.94. The molecule has 2 heterocycles. The first-order valence-electron chi connectivity index (χ1n) is 13.2. The van der Waals surface area contributed by atoms with Crippen LogP contribution in [0.3, 0.4) is 0 Å². The number of fused-ring (bicyclic) bond motifs is 1. The minimum Gasteiger partial charge on any atom is -0.497 e. The molecule has 0 saturated carbocycles. The zero-order chi connectivity index (χ0) is 28.9. The number of hydrogen-bond acceptors (Lipinski definition) is 6. The SMILES string of the molecule is COc1ccc2ncc(CF)c([C@H](O)CCC3(CC(=O)O)CCN(CCNc4cc(F)cc(F)c4F)CC3)c2c1. The van der Waals surface area contributed by atoms with Crippen molar-refractivity contribution >= 4 is 22.6 Å². The molecule has 1 saturated heterocycles. The van der Waals surface area contributed by atoms with Gasteiger partial charge < -0.3 is 25.2 Å². The number of benzene rings is 2. The number of ether oxygens (including phenoxy) is 1. The Morgan fingerprint density at radius 1 is 1.20 bits per heavy atom. The summed E-state index contributed by atoms with van der Waals surface area (Å²) in [6.45, 7) is 1.04. The van der Waals surface area contributed by atoms with Crippen molar-refractivity contribution in [2.45, 2.75) is 44.9 Å². The normalized spacial score (nSPS) is 16.1. The van der Waals surface area contributed by atoms with Crippen molar-refractivity contribution < 1.29 is 37.3 Å². The molecule has 0 bridgehead atoms. The number of hydrogen-bond donors (Lipinski definition) is 3. The first-order valence-corrected chi connectivity index (χ1v) is 13.2. The van der Waals surface area contributed by atoms with Crippen LogP contribution in [0.25, 0.3) is 10.9 Å². The molecule has 3 aromatic rings. The van der Waals surface area contributed by atoms with Gasteiger partial charge in [0.15, 0.2) is 11.6 Å². The monoisotopic (exact) mass is 563 g/mol. The van der Waals surface area contributed by atoms with Crippen LogP contribution in [0.5, 0.6) is 5.75 Å². The fraction of sp³-hybridized carbons (Fsp3) is 0.448. The van der Waals surface area contributed by atoms with Gasteiger partial charge in [-0.15, -0.1) is 0 Å². The molecule has 11 heteroatoms. The van der Waals surface area contributed by atoms with Crippen LogP contribution in [-0.2, 0) is 11.5 Å². The Hall–Kier alpha value is -3.44. The maximum Gasteiger partial charge on any atom is 0.303 e. The van der Waals surface area contributed by atoms with E-state index in [0.717, 1.165) is 6.07 Å². The van der Waals surface area contributed by atoms with Crippen molar-refractivity contribution in [3.63, 3.8) is 0 Å². The van der Waals surface area contributed by atoms with Crippen LogP contribution in [0, 0.1) is 22.9 Å². The molecule has 1 aromatic heterocycles. The molecule has 1 aliphatic rings. The molecule has 2 aromatic carbocycles. The fourth-order valence-corrected chi connectivity index (χ4v) is 5.57. The number of rotatable bonds is 12. The Morgan fingerprint density at radius 3 is 2.62 bits per heavy atom. The largest absolute Gasteiger partial charge is 0.497 e. The van der Waals surface area contributed by atoms with E-state index in [-0.39, 0.29) is 30.6 Å². The van der Waals surface area contributed by atoms with E-state index in [1.165, 1.54) is 13.3 Å². The first kappa shape index (κ1) is 29.5. The number of halogens is 4. The lowest BCUT2D eigenvalue weighted by molar-refractivity contribution is -0.141. The molecule has 1 aliphatic heterocycles. The molecule has 4 rings (SSSR count). The molecule has 7 nitrogen and oxygen atoms in total. The second-order valence-corrected chi connectivity index (χ2v) is 10.4. The maximum atomic E-state index is 13.9. The van der Waals surface area contributed by atoms with Gasteiger partial charge in [-0.1, -0.05) is 0 Å². The summed E-state index contributed by atoms with van der Waals surface area (Å²) in [5.41, 5.74) is 0.483. The third-order valence-electron chi connectivity index (χ3n) is 7.80. The number of alkyl halides is 1. The van der Waals surface area contributed by atoms with Gasteiger partial charge in [0.25, 0.3) is 0 Å². The van der Waals surface area contributed by atoms with Gasteiger partial charge in [-0.2, -0.15) is 0 Å². The van der Waals surface area contributed by atoms with Crippen LogP contribution < -0.4 is 10.1 Å². The number of anilines is 1. The number of likely N-dealkylation sites (tertiary alicyclic amines) is 1. The van der Waals surface area contributed by atoms with Crippen molar-refractivity contribution in [2.75, 3.05) is 38.6 Å². The van der Waals surface area contributed by atoms with E-state index < -0.39 is 41.6 Å².